The summed E-state index contributed by atoms with van der Waals surface area (Å²) < 4.78 is 0. The SMILES string of the molecule is CCC(CC)(CC(=O)c1ccc(Sc2ccccc2)cc1)NC(C)=O. The zero-order valence-electron chi connectivity index (χ0n) is 15.0. The number of rotatable bonds is 8. The van der Waals surface area contributed by atoms with E-state index in [-0.39, 0.29) is 11.7 Å². The molecule has 132 valence electrons. The lowest BCUT2D eigenvalue weighted by atomic mass is 9.85. The molecular weight excluding hydrogens is 330 g/mol. The van der Waals surface area contributed by atoms with Gasteiger partial charge in [-0.1, -0.05) is 55.9 Å². The number of hydrogen-bond donors (Lipinski definition) is 1. The number of carbonyl (C=O) groups is 2. The Labute approximate surface area is 154 Å². The molecular formula is C21H25NO2S. The zero-order valence-corrected chi connectivity index (χ0v) is 15.9. The highest BCUT2D eigenvalue weighted by Gasteiger charge is 2.30. The summed E-state index contributed by atoms with van der Waals surface area (Å²) in [5.74, 6) is -0.0279. The Bertz CT molecular complexity index is 706. The van der Waals surface area contributed by atoms with E-state index in [0.29, 0.717) is 12.0 Å². The lowest BCUT2D eigenvalue weighted by molar-refractivity contribution is -0.120. The van der Waals surface area contributed by atoms with Gasteiger partial charge in [-0.2, -0.15) is 0 Å². The van der Waals surface area contributed by atoms with Crippen molar-refractivity contribution in [3.05, 3.63) is 60.2 Å². The molecule has 1 amide bonds. The molecule has 2 aromatic carbocycles. The minimum Gasteiger partial charge on any atom is -0.350 e. The van der Waals surface area contributed by atoms with Crippen LogP contribution in [0.4, 0.5) is 0 Å². The second-order valence-corrected chi connectivity index (χ2v) is 7.36. The Morgan fingerprint density at radius 1 is 0.920 bits per heavy atom. The van der Waals surface area contributed by atoms with E-state index in [2.05, 4.69) is 17.4 Å². The quantitative estimate of drug-likeness (QED) is 0.670. The lowest BCUT2D eigenvalue weighted by Crippen LogP contribution is -2.48. The van der Waals surface area contributed by atoms with Crippen molar-refractivity contribution in [1.29, 1.82) is 0 Å². The summed E-state index contributed by atoms with van der Waals surface area (Å²) in [7, 11) is 0. The normalized spacial score (nSPS) is 11.2. The minimum absolute atomic E-state index is 0.0636. The van der Waals surface area contributed by atoms with Gasteiger partial charge in [0, 0.05) is 34.2 Å². The number of Topliss-reactive ketones (excluding diaryl/α,β-unsaturated/α-hetero) is 1. The maximum Gasteiger partial charge on any atom is 0.217 e. The predicted molar refractivity (Wildman–Crippen MR) is 103 cm³/mol. The molecule has 0 heterocycles. The third-order valence-electron chi connectivity index (χ3n) is 4.45. The fraction of sp³-hybridized carbons (Fsp3) is 0.333. The first-order valence-corrected chi connectivity index (χ1v) is 9.44. The van der Waals surface area contributed by atoms with E-state index in [9.17, 15) is 9.59 Å². The molecule has 0 saturated carbocycles. The summed E-state index contributed by atoms with van der Waals surface area (Å²) in [6.45, 7) is 5.51. The van der Waals surface area contributed by atoms with Gasteiger partial charge in [-0.25, -0.2) is 0 Å². The highest BCUT2D eigenvalue weighted by atomic mass is 32.2. The number of hydrogen-bond acceptors (Lipinski definition) is 3. The van der Waals surface area contributed by atoms with Crippen molar-refractivity contribution in [2.45, 2.75) is 55.4 Å². The van der Waals surface area contributed by atoms with E-state index in [1.807, 2.05) is 56.3 Å². The Morgan fingerprint density at radius 2 is 1.48 bits per heavy atom. The third-order valence-corrected chi connectivity index (χ3v) is 5.46. The molecule has 0 spiro atoms. The minimum atomic E-state index is -0.458. The molecule has 0 atom stereocenters. The van der Waals surface area contributed by atoms with Gasteiger partial charge in [-0.3, -0.25) is 9.59 Å². The van der Waals surface area contributed by atoms with Gasteiger partial charge in [0.2, 0.25) is 5.91 Å². The molecule has 0 saturated heterocycles. The van der Waals surface area contributed by atoms with Crippen LogP contribution in [0.1, 0.15) is 50.4 Å². The monoisotopic (exact) mass is 355 g/mol. The first-order valence-electron chi connectivity index (χ1n) is 8.63. The van der Waals surface area contributed by atoms with Crippen molar-refractivity contribution in [2.24, 2.45) is 0 Å². The van der Waals surface area contributed by atoms with Gasteiger partial charge in [0.15, 0.2) is 5.78 Å². The number of ketones is 1. The van der Waals surface area contributed by atoms with Gasteiger partial charge in [-0.05, 0) is 37.1 Å². The summed E-state index contributed by atoms with van der Waals surface area (Å²) in [6.07, 6.45) is 1.79. The van der Waals surface area contributed by atoms with Crippen molar-refractivity contribution in [2.75, 3.05) is 0 Å². The van der Waals surface area contributed by atoms with Crippen LogP contribution in [0, 0.1) is 0 Å². The van der Waals surface area contributed by atoms with Crippen LogP contribution in [0.15, 0.2) is 64.4 Å². The molecule has 2 aromatic rings. The average Bonchev–Trinajstić information content (AvgIpc) is 2.62. The van der Waals surface area contributed by atoms with Crippen LogP contribution >= 0.6 is 11.8 Å². The molecule has 0 aliphatic carbocycles. The standard InChI is InChI=1S/C21H25NO2S/c1-4-21(5-2,22-16(3)23)15-20(24)17-11-13-19(14-12-17)25-18-9-7-6-8-10-18/h6-14H,4-5,15H2,1-3H3,(H,22,23). The molecule has 3 nitrogen and oxygen atoms in total. The molecule has 4 heteroatoms. The first-order chi connectivity index (χ1) is 12.0. The van der Waals surface area contributed by atoms with Crippen LogP contribution < -0.4 is 5.32 Å². The number of carbonyl (C=O) groups excluding carboxylic acids is 2. The second-order valence-electron chi connectivity index (χ2n) is 6.21. The summed E-state index contributed by atoms with van der Waals surface area (Å²) in [4.78, 5) is 26.4. The van der Waals surface area contributed by atoms with Crippen LogP contribution in [0.5, 0.6) is 0 Å². The molecule has 0 unspecified atom stereocenters. The van der Waals surface area contributed by atoms with E-state index in [1.165, 1.54) is 11.8 Å². The fourth-order valence-corrected chi connectivity index (χ4v) is 3.67. The van der Waals surface area contributed by atoms with E-state index in [0.717, 1.165) is 17.7 Å². The van der Waals surface area contributed by atoms with E-state index < -0.39 is 5.54 Å². The average molecular weight is 356 g/mol. The van der Waals surface area contributed by atoms with Gasteiger partial charge < -0.3 is 5.32 Å². The highest BCUT2D eigenvalue weighted by Crippen LogP contribution is 2.28. The van der Waals surface area contributed by atoms with Crippen molar-refractivity contribution < 1.29 is 9.59 Å². The molecule has 0 aliphatic rings. The van der Waals surface area contributed by atoms with Crippen LogP contribution in [0.3, 0.4) is 0 Å². The van der Waals surface area contributed by atoms with Crippen LogP contribution in [0.2, 0.25) is 0 Å². The van der Waals surface area contributed by atoms with Crippen molar-refractivity contribution in [3.8, 4) is 0 Å². The maximum absolute atomic E-state index is 12.7. The van der Waals surface area contributed by atoms with Crippen molar-refractivity contribution in [3.63, 3.8) is 0 Å². The number of amides is 1. The molecule has 0 aromatic heterocycles. The van der Waals surface area contributed by atoms with Crippen molar-refractivity contribution in [1.82, 2.24) is 5.32 Å². The highest BCUT2D eigenvalue weighted by molar-refractivity contribution is 7.99. The largest absolute Gasteiger partial charge is 0.350 e. The molecule has 25 heavy (non-hydrogen) atoms. The molecule has 2 rings (SSSR count). The van der Waals surface area contributed by atoms with E-state index in [1.54, 1.807) is 11.8 Å². The van der Waals surface area contributed by atoms with Crippen LogP contribution in [0.25, 0.3) is 0 Å². The Hall–Kier alpha value is -2.07. The van der Waals surface area contributed by atoms with Gasteiger partial charge in [0.05, 0.1) is 0 Å². The first kappa shape index (κ1) is 19.3. The lowest BCUT2D eigenvalue weighted by Gasteiger charge is -2.32. The topological polar surface area (TPSA) is 46.2 Å². The Morgan fingerprint density at radius 3 is 2.00 bits per heavy atom. The summed E-state index contributed by atoms with van der Waals surface area (Å²) in [5, 5.41) is 2.97. The second kappa shape index (κ2) is 8.86. The smallest absolute Gasteiger partial charge is 0.217 e. The fourth-order valence-electron chi connectivity index (χ4n) is 2.84. The number of nitrogens with one attached hydrogen (secondary N) is 1. The van der Waals surface area contributed by atoms with Gasteiger partial charge in [0.1, 0.15) is 0 Å². The van der Waals surface area contributed by atoms with Crippen LogP contribution in [-0.4, -0.2) is 17.2 Å². The summed E-state index contributed by atoms with van der Waals surface area (Å²) in [5.41, 5.74) is 0.231. The Balaban J connectivity index is 2.07. The van der Waals surface area contributed by atoms with Crippen molar-refractivity contribution >= 4 is 23.5 Å². The third kappa shape index (κ3) is 5.46. The van der Waals surface area contributed by atoms with Crippen LogP contribution in [-0.2, 0) is 4.79 Å². The Kier molecular flexibility index (Phi) is 6.82. The van der Waals surface area contributed by atoms with Gasteiger partial charge in [-0.15, -0.1) is 0 Å². The molecule has 0 aliphatic heterocycles. The predicted octanol–water partition coefficient (Wildman–Crippen LogP) is 5.11. The maximum atomic E-state index is 12.7. The van der Waals surface area contributed by atoms with E-state index in [4.69, 9.17) is 0 Å². The van der Waals surface area contributed by atoms with E-state index >= 15 is 0 Å². The summed E-state index contributed by atoms with van der Waals surface area (Å²) in [6, 6.07) is 17.8. The molecule has 0 radical (unpaired) electrons. The summed E-state index contributed by atoms with van der Waals surface area (Å²) >= 11 is 1.67. The molecule has 0 fully saturated rings. The molecule has 1 N–H and O–H groups in total. The number of benzene rings is 2. The zero-order chi connectivity index (χ0) is 18.3. The molecule has 0 bridgehead atoms. The van der Waals surface area contributed by atoms with Gasteiger partial charge >= 0.3 is 0 Å². The van der Waals surface area contributed by atoms with Gasteiger partial charge in [0.25, 0.3) is 0 Å².